The van der Waals surface area contributed by atoms with Crippen LogP contribution in [0.2, 0.25) is 0 Å². The first-order valence-corrected chi connectivity index (χ1v) is 9.16. The van der Waals surface area contributed by atoms with Gasteiger partial charge in [0.25, 0.3) is 5.91 Å². The number of hydrogen-bond acceptors (Lipinski definition) is 4. The Labute approximate surface area is 161 Å². The maximum atomic E-state index is 12.9. The molecule has 0 aromatic heterocycles. The van der Waals surface area contributed by atoms with Gasteiger partial charge in [0.15, 0.2) is 0 Å². The maximum absolute atomic E-state index is 12.9. The van der Waals surface area contributed by atoms with E-state index in [0.29, 0.717) is 31.7 Å². The van der Waals surface area contributed by atoms with Crippen molar-refractivity contribution < 1.29 is 14.3 Å². The van der Waals surface area contributed by atoms with E-state index < -0.39 is 0 Å². The second-order valence-corrected chi connectivity index (χ2v) is 6.37. The second-order valence-electron chi connectivity index (χ2n) is 6.37. The Morgan fingerprint density at radius 3 is 2.88 bits per heavy atom. The van der Waals surface area contributed by atoms with Crippen LogP contribution in [0.1, 0.15) is 49.4 Å². The summed E-state index contributed by atoms with van der Waals surface area (Å²) < 4.78 is 5.63. The van der Waals surface area contributed by atoms with Crippen LogP contribution in [0.3, 0.4) is 0 Å². The number of halogens is 1. The Morgan fingerprint density at radius 1 is 1.35 bits per heavy atom. The van der Waals surface area contributed by atoms with Crippen LogP contribution in [0.25, 0.3) is 0 Å². The fraction of sp³-hybridized carbons (Fsp3) is 0.579. The molecule has 0 bridgehead atoms. The van der Waals surface area contributed by atoms with Gasteiger partial charge in [0.1, 0.15) is 5.75 Å². The van der Waals surface area contributed by atoms with Crippen molar-refractivity contribution in [1.82, 2.24) is 10.2 Å². The number of rotatable bonds is 8. The summed E-state index contributed by atoms with van der Waals surface area (Å²) in [6, 6.07) is 7.37. The Kier molecular flexibility index (Phi) is 10.1. The highest BCUT2D eigenvalue weighted by Gasteiger charge is 2.27. The number of hydrogen-bond donors (Lipinski definition) is 2. The van der Waals surface area contributed by atoms with Gasteiger partial charge in [-0.15, -0.1) is 12.4 Å². The third-order valence-electron chi connectivity index (χ3n) is 4.35. The summed E-state index contributed by atoms with van der Waals surface area (Å²) in [4.78, 5) is 26.5. The Bertz CT molecular complexity index is 583. The zero-order valence-electron chi connectivity index (χ0n) is 15.4. The summed E-state index contributed by atoms with van der Waals surface area (Å²) in [6.07, 6.45) is 4.21. The monoisotopic (exact) mass is 383 g/mol. The van der Waals surface area contributed by atoms with Crippen molar-refractivity contribution in [1.29, 1.82) is 0 Å². The van der Waals surface area contributed by atoms with Crippen molar-refractivity contribution in [2.45, 2.75) is 45.1 Å². The van der Waals surface area contributed by atoms with Crippen molar-refractivity contribution in [2.24, 2.45) is 5.73 Å². The van der Waals surface area contributed by atoms with Crippen LogP contribution >= 0.6 is 12.4 Å². The average molecular weight is 384 g/mol. The van der Waals surface area contributed by atoms with Crippen molar-refractivity contribution in [2.75, 3.05) is 26.2 Å². The second kappa shape index (κ2) is 11.8. The number of carbonyl (C=O) groups is 2. The van der Waals surface area contributed by atoms with Gasteiger partial charge in [0.2, 0.25) is 5.91 Å². The number of piperidine rings is 1. The molecule has 2 rings (SSSR count). The maximum Gasteiger partial charge on any atom is 0.254 e. The van der Waals surface area contributed by atoms with Gasteiger partial charge in [0, 0.05) is 37.7 Å². The molecule has 6 nitrogen and oxygen atoms in total. The molecule has 1 saturated heterocycles. The van der Waals surface area contributed by atoms with E-state index in [2.05, 4.69) is 5.32 Å². The van der Waals surface area contributed by atoms with Gasteiger partial charge >= 0.3 is 0 Å². The topological polar surface area (TPSA) is 84.7 Å². The third-order valence-corrected chi connectivity index (χ3v) is 4.35. The van der Waals surface area contributed by atoms with Crippen LogP contribution in [0.4, 0.5) is 0 Å². The first-order valence-electron chi connectivity index (χ1n) is 9.16. The van der Waals surface area contributed by atoms with Crippen LogP contribution in [-0.4, -0.2) is 49.0 Å². The smallest absolute Gasteiger partial charge is 0.254 e. The number of nitrogens with two attached hydrogens (primary N) is 1. The molecule has 3 N–H and O–H groups in total. The first kappa shape index (κ1) is 22.3. The van der Waals surface area contributed by atoms with Crippen LogP contribution in [0.15, 0.2) is 24.3 Å². The number of carbonyl (C=O) groups excluding carboxylic acids is 2. The van der Waals surface area contributed by atoms with E-state index in [1.54, 1.807) is 6.07 Å². The highest BCUT2D eigenvalue weighted by Crippen LogP contribution is 2.21. The first-order chi connectivity index (χ1) is 12.2. The molecule has 0 radical (unpaired) electrons. The molecule has 1 aromatic carbocycles. The number of likely N-dealkylation sites (tertiary alicyclic amines) is 1. The minimum atomic E-state index is -0.0598. The molecule has 7 heteroatoms. The molecule has 1 fully saturated rings. The minimum absolute atomic E-state index is 0. The van der Waals surface area contributed by atoms with E-state index in [0.717, 1.165) is 38.0 Å². The molecule has 1 aliphatic heterocycles. The van der Waals surface area contributed by atoms with Gasteiger partial charge < -0.3 is 20.7 Å². The lowest BCUT2D eigenvalue weighted by Crippen LogP contribution is -2.49. The molecule has 0 aliphatic carbocycles. The molecule has 1 atom stereocenters. The molecule has 146 valence electrons. The summed E-state index contributed by atoms with van der Waals surface area (Å²) in [7, 11) is 0. The average Bonchev–Trinajstić information content (AvgIpc) is 2.65. The van der Waals surface area contributed by atoms with Gasteiger partial charge in [0.05, 0.1) is 6.61 Å². The highest BCUT2D eigenvalue weighted by molar-refractivity contribution is 5.95. The molecule has 0 spiro atoms. The van der Waals surface area contributed by atoms with Crippen molar-refractivity contribution >= 4 is 24.2 Å². The number of amides is 2. The van der Waals surface area contributed by atoms with E-state index in [1.165, 1.54) is 0 Å². The normalized spacial score (nSPS) is 16.5. The summed E-state index contributed by atoms with van der Waals surface area (Å²) in [5, 5.41) is 2.89. The molecule has 1 unspecified atom stereocenters. The highest BCUT2D eigenvalue weighted by atomic mass is 35.5. The molecular weight excluding hydrogens is 354 g/mol. The SMILES string of the molecule is CCCOc1cccc(C(=O)N2CCCCC2CNC(=O)CCN)c1.Cl. The predicted octanol–water partition coefficient (Wildman–Crippen LogP) is 2.36. The van der Waals surface area contributed by atoms with E-state index in [4.69, 9.17) is 10.5 Å². The lowest BCUT2D eigenvalue weighted by atomic mass is 10.0. The summed E-state index contributed by atoms with van der Waals surface area (Å²) in [5.74, 6) is 0.660. The molecule has 26 heavy (non-hydrogen) atoms. The quantitative estimate of drug-likeness (QED) is 0.721. The molecule has 1 heterocycles. The van der Waals surface area contributed by atoms with Gasteiger partial charge in [-0.05, 0) is 43.9 Å². The fourth-order valence-corrected chi connectivity index (χ4v) is 3.04. The standard InChI is InChI=1S/C19H29N3O3.ClH/c1-2-12-25-17-8-5-6-15(13-17)19(24)22-11-4-3-7-16(22)14-21-18(23)9-10-20;/h5-6,8,13,16H,2-4,7,9-12,14,20H2,1H3,(H,21,23);1H. The lowest BCUT2D eigenvalue weighted by molar-refractivity contribution is -0.121. The predicted molar refractivity (Wildman–Crippen MR) is 105 cm³/mol. The van der Waals surface area contributed by atoms with Gasteiger partial charge in [-0.3, -0.25) is 9.59 Å². The minimum Gasteiger partial charge on any atom is -0.494 e. The summed E-state index contributed by atoms with van der Waals surface area (Å²) in [6.45, 7) is 4.22. The zero-order chi connectivity index (χ0) is 18.1. The summed E-state index contributed by atoms with van der Waals surface area (Å²) in [5.41, 5.74) is 6.03. The van der Waals surface area contributed by atoms with Crippen LogP contribution in [0.5, 0.6) is 5.75 Å². The van der Waals surface area contributed by atoms with Gasteiger partial charge in [-0.1, -0.05) is 13.0 Å². The zero-order valence-corrected chi connectivity index (χ0v) is 16.2. The Balaban J connectivity index is 0.00000338. The molecule has 2 amide bonds. The van der Waals surface area contributed by atoms with Crippen LogP contribution in [-0.2, 0) is 4.79 Å². The number of ether oxygens (including phenoxy) is 1. The van der Waals surface area contributed by atoms with Crippen LogP contribution < -0.4 is 15.8 Å². The number of nitrogens with one attached hydrogen (secondary N) is 1. The Hall–Kier alpha value is -1.79. The van der Waals surface area contributed by atoms with Crippen molar-refractivity contribution in [3.05, 3.63) is 29.8 Å². The number of nitrogens with zero attached hydrogens (tertiary/aromatic N) is 1. The molecule has 1 aromatic rings. The summed E-state index contributed by atoms with van der Waals surface area (Å²) >= 11 is 0. The number of benzene rings is 1. The largest absolute Gasteiger partial charge is 0.494 e. The van der Waals surface area contributed by atoms with E-state index >= 15 is 0 Å². The third kappa shape index (κ3) is 6.50. The Morgan fingerprint density at radius 2 is 2.15 bits per heavy atom. The van der Waals surface area contributed by atoms with Gasteiger partial charge in [-0.2, -0.15) is 0 Å². The van der Waals surface area contributed by atoms with Crippen LogP contribution in [0, 0.1) is 0 Å². The molecular formula is C19H30ClN3O3. The lowest BCUT2D eigenvalue weighted by Gasteiger charge is -2.36. The van der Waals surface area contributed by atoms with Crippen molar-refractivity contribution in [3.8, 4) is 5.75 Å². The molecule has 1 aliphatic rings. The van der Waals surface area contributed by atoms with Crippen molar-refractivity contribution in [3.63, 3.8) is 0 Å². The van der Waals surface area contributed by atoms with E-state index in [-0.39, 0.29) is 30.3 Å². The fourth-order valence-electron chi connectivity index (χ4n) is 3.04. The van der Waals surface area contributed by atoms with E-state index in [1.807, 2.05) is 30.0 Å². The molecule has 0 saturated carbocycles. The van der Waals surface area contributed by atoms with E-state index in [9.17, 15) is 9.59 Å². The van der Waals surface area contributed by atoms with Gasteiger partial charge in [-0.25, -0.2) is 0 Å².